The first-order valence-electron chi connectivity index (χ1n) is 10.9. The summed E-state index contributed by atoms with van der Waals surface area (Å²) in [4.78, 5) is 23.4. The van der Waals surface area contributed by atoms with Gasteiger partial charge in [0.05, 0.1) is 25.0 Å². The van der Waals surface area contributed by atoms with Crippen LogP contribution in [0, 0.1) is 0 Å². The van der Waals surface area contributed by atoms with Crippen LogP contribution in [0.4, 0.5) is 0 Å². The van der Waals surface area contributed by atoms with Gasteiger partial charge in [0.2, 0.25) is 0 Å². The van der Waals surface area contributed by atoms with Crippen LogP contribution in [-0.2, 0) is 11.4 Å². The highest BCUT2D eigenvalue weighted by molar-refractivity contribution is 6.32. The van der Waals surface area contributed by atoms with E-state index in [1.807, 2.05) is 30.3 Å². The number of rotatable bonds is 12. The van der Waals surface area contributed by atoms with E-state index in [1.54, 1.807) is 31.2 Å². The smallest absolute Gasteiger partial charge is 0.341 e. The fraction of sp³-hybridized carbons (Fsp3) is 0.192. The number of nitrogens with zero attached hydrogens (tertiary/aromatic N) is 1. The summed E-state index contributed by atoms with van der Waals surface area (Å²) in [6.45, 7) is 1.87. The Morgan fingerprint density at radius 3 is 2.47 bits per heavy atom. The molecule has 3 rings (SSSR count). The van der Waals surface area contributed by atoms with E-state index >= 15 is 0 Å². The lowest BCUT2D eigenvalue weighted by molar-refractivity contribution is -0.139. The molecular formula is C26H25ClN2O7. The molecule has 10 heteroatoms. The van der Waals surface area contributed by atoms with Gasteiger partial charge in [-0.2, -0.15) is 5.10 Å². The summed E-state index contributed by atoms with van der Waals surface area (Å²) in [5.74, 6) is -0.318. The maximum absolute atomic E-state index is 12.6. The van der Waals surface area contributed by atoms with Gasteiger partial charge in [-0.15, -0.1) is 0 Å². The lowest BCUT2D eigenvalue weighted by Crippen LogP contribution is -2.17. The number of hydrogen-bond acceptors (Lipinski definition) is 7. The summed E-state index contributed by atoms with van der Waals surface area (Å²) < 4.78 is 21.9. The van der Waals surface area contributed by atoms with Crippen molar-refractivity contribution in [2.75, 3.05) is 20.3 Å². The predicted molar refractivity (Wildman–Crippen MR) is 135 cm³/mol. The van der Waals surface area contributed by atoms with Crippen molar-refractivity contribution in [3.05, 3.63) is 82.4 Å². The number of halogens is 1. The molecule has 0 aliphatic carbocycles. The molecule has 36 heavy (non-hydrogen) atoms. The van der Waals surface area contributed by atoms with Crippen LogP contribution in [0.3, 0.4) is 0 Å². The van der Waals surface area contributed by atoms with E-state index in [-0.39, 0.29) is 16.5 Å². The molecule has 9 nitrogen and oxygen atoms in total. The zero-order valence-electron chi connectivity index (χ0n) is 19.7. The van der Waals surface area contributed by atoms with Crippen LogP contribution in [0.5, 0.6) is 23.0 Å². The Kier molecular flexibility index (Phi) is 9.53. The number of methoxy groups -OCH3 is 1. The number of ether oxygens (including phenoxy) is 4. The van der Waals surface area contributed by atoms with Crippen molar-refractivity contribution in [2.45, 2.75) is 13.5 Å². The predicted octanol–water partition coefficient (Wildman–Crippen LogP) is 4.55. The monoisotopic (exact) mass is 512 g/mol. The minimum atomic E-state index is -1.14. The van der Waals surface area contributed by atoms with Crippen LogP contribution in [0.2, 0.25) is 5.02 Å². The summed E-state index contributed by atoms with van der Waals surface area (Å²) in [5.41, 5.74) is 4.28. The van der Waals surface area contributed by atoms with Crippen molar-refractivity contribution >= 4 is 29.7 Å². The molecule has 0 unspecified atom stereocenters. The average Bonchev–Trinajstić information content (AvgIpc) is 2.87. The van der Waals surface area contributed by atoms with E-state index in [4.69, 9.17) is 35.7 Å². The van der Waals surface area contributed by atoms with Crippen molar-refractivity contribution in [1.29, 1.82) is 0 Å². The molecule has 0 saturated carbocycles. The molecule has 0 bridgehead atoms. The second-order valence-corrected chi connectivity index (χ2v) is 7.69. The Morgan fingerprint density at radius 2 is 1.78 bits per heavy atom. The van der Waals surface area contributed by atoms with E-state index in [1.165, 1.54) is 19.4 Å². The van der Waals surface area contributed by atoms with E-state index in [9.17, 15) is 9.59 Å². The van der Waals surface area contributed by atoms with Gasteiger partial charge in [0.25, 0.3) is 5.91 Å². The Balaban J connectivity index is 1.67. The highest BCUT2D eigenvalue weighted by Gasteiger charge is 2.14. The van der Waals surface area contributed by atoms with Gasteiger partial charge in [-0.3, -0.25) is 4.79 Å². The van der Waals surface area contributed by atoms with Crippen LogP contribution >= 0.6 is 11.6 Å². The minimum absolute atomic E-state index is 0.115. The third-order valence-corrected chi connectivity index (χ3v) is 5.00. The molecule has 0 heterocycles. The fourth-order valence-electron chi connectivity index (χ4n) is 3.09. The lowest BCUT2D eigenvalue weighted by Gasteiger charge is -2.13. The number of hydrazone groups is 1. The zero-order valence-corrected chi connectivity index (χ0v) is 20.4. The number of benzene rings is 3. The minimum Gasteiger partial charge on any atom is -0.493 e. The van der Waals surface area contributed by atoms with Crippen LogP contribution < -0.4 is 24.4 Å². The summed E-state index contributed by atoms with van der Waals surface area (Å²) >= 11 is 6.23. The number of carboxylic acid groups (broad SMARTS) is 1. The van der Waals surface area contributed by atoms with Crippen molar-refractivity contribution in [1.82, 2.24) is 5.43 Å². The first kappa shape index (κ1) is 26.4. The highest BCUT2D eigenvalue weighted by atomic mass is 35.5. The number of aliphatic carboxylic acids is 1. The lowest BCUT2D eigenvalue weighted by atomic mass is 10.2. The number of nitrogens with one attached hydrogen (secondary N) is 1. The number of carboxylic acids is 1. The summed E-state index contributed by atoms with van der Waals surface area (Å²) in [6.07, 6.45) is 1.38. The van der Waals surface area contributed by atoms with Gasteiger partial charge < -0.3 is 24.1 Å². The second kappa shape index (κ2) is 13.0. The zero-order chi connectivity index (χ0) is 25.9. The summed E-state index contributed by atoms with van der Waals surface area (Å²) in [5, 5.41) is 13.0. The molecule has 2 N–H and O–H groups in total. The molecule has 0 radical (unpaired) electrons. The van der Waals surface area contributed by atoms with Gasteiger partial charge in [0.1, 0.15) is 6.61 Å². The highest BCUT2D eigenvalue weighted by Crippen LogP contribution is 2.36. The molecule has 0 aliphatic heterocycles. The van der Waals surface area contributed by atoms with Crippen LogP contribution in [0.1, 0.15) is 28.4 Å². The first-order valence-corrected chi connectivity index (χ1v) is 11.3. The summed E-state index contributed by atoms with van der Waals surface area (Å²) in [7, 11) is 1.49. The van der Waals surface area contributed by atoms with Crippen molar-refractivity contribution < 1.29 is 33.6 Å². The fourth-order valence-corrected chi connectivity index (χ4v) is 3.37. The van der Waals surface area contributed by atoms with Crippen LogP contribution in [-0.4, -0.2) is 43.5 Å². The number of hydrogen-bond donors (Lipinski definition) is 2. The van der Waals surface area contributed by atoms with Gasteiger partial charge in [-0.1, -0.05) is 41.9 Å². The Labute approximate surface area is 213 Å². The molecular weight excluding hydrogens is 488 g/mol. The molecule has 3 aromatic rings. The Morgan fingerprint density at radius 1 is 1.00 bits per heavy atom. The Hall–Kier alpha value is -4.24. The molecule has 0 saturated heterocycles. The van der Waals surface area contributed by atoms with Gasteiger partial charge in [-0.25, -0.2) is 10.2 Å². The molecule has 0 aromatic heterocycles. The van der Waals surface area contributed by atoms with Crippen LogP contribution in [0.25, 0.3) is 0 Å². The summed E-state index contributed by atoms with van der Waals surface area (Å²) in [6, 6.07) is 17.6. The average molecular weight is 513 g/mol. The topological polar surface area (TPSA) is 116 Å². The quantitative estimate of drug-likeness (QED) is 0.270. The van der Waals surface area contributed by atoms with E-state index < -0.39 is 18.5 Å². The molecule has 0 spiro atoms. The Bertz CT molecular complexity index is 1230. The second-order valence-electron chi connectivity index (χ2n) is 7.28. The number of carbonyl (C=O) groups is 2. The molecule has 3 aromatic carbocycles. The maximum atomic E-state index is 12.6. The SMILES string of the molecule is CCOc1cc(/C=N/NC(=O)c2ccc(OCc3ccccc3)c(OC)c2)cc(Cl)c1OCC(=O)O. The molecule has 0 aliphatic rings. The molecule has 0 atom stereocenters. The number of amides is 1. The van der Waals surface area contributed by atoms with Crippen molar-refractivity contribution in [3.8, 4) is 23.0 Å². The van der Waals surface area contributed by atoms with Crippen molar-refractivity contribution in [3.63, 3.8) is 0 Å². The van der Waals surface area contributed by atoms with E-state index in [0.29, 0.717) is 35.8 Å². The van der Waals surface area contributed by atoms with Gasteiger partial charge in [0, 0.05) is 5.56 Å². The van der Waals surface area contributed by atoms with Gasteiger partial charge in [0.15, 0.2) is 29.6 Å². The third kappa shape index (κ3) is 7.38. The molecule has 0 fully saturated rings. The third-order valence-electron chi connectivity index (χ3n) is 4.71. The van der Waals surface area contributed by atoms with Gasteiger partial charge >= 0.3 is 5.97 Å². The normalized spacial score (nSPS) is 10.6. The number of carbonyl (C=O) groups excluding carboxylic acids is 1. The maximum Gasteiger partial charge on any atom is 0.341 e. The molecule has 1 amide bonds. The first-order chi connectivity index (χ1) is 17.4. The van der Waals surface area contributed by atoms with E-state index in [2.05, 4.69) is 10.5 Å². The molecule has 188 valence electrons. The van der Waals surface area contributed by atoms with Gasteiger partial charge in [-0.05, 0) is 48.4 Å². The largest absolute Gasteiger partial charge is 0.493 e. The standard InChI is InChI=1S/C26H25ClN2O7/c1-3-34-23-12-18(11-20(27)25(23)36-16-24(30)31)14-28-29-26(32)19-9-10-21(22(13-19)33-2)35-15-17-7-5-4-6-8-17/h4-14H,3,15-16H2,1-2H3,(H,29,32)(H,30,31)/b28-14+. The van der Waals surface area contributed by atoms with E-state index in [0.717, 1.165) is 5.56 Å². The van der Waals surface area contributed by atoms with Crippen molar-refractivity contribution in [2.24, 2.45) is 5.10 Å². The van der Waals surface area contributed by atoms with Crippen LogP contribution in [0.15, 0.2) is 65.8 Å².